The summed E-state index contributed by atoms with van der Waals surface area (Å²) in [7, 11) is 0. The van der Waals surface area contributed by atoms with Gasteiger partial charge in [0.1, 0.15) is 0 Å². The van der Waals surface area contributed by atoms with Crippen molar-refractivity contribution in [2.45, 2.75) is 18.9 Å². The van der Waals surface area contributed by atoms with Gasteiger partial charge in [-0.05, 0) is 6.42 Å². The summed E-state index contributed by atoms with van der Waals surface area (Å²) in [5.41, 5.74) is 5.28. The molecule has 80 valence electrons. The third kappa shape index (κ3) is 5.09. The Hall–Kier alpha value is -1.63. The summed E-state index contributed by atoms with van der Waals surface area (Å²) in [4.78, 5) is 28.6. The van der Waals surface area contributed by atoms with E-state index in [1.807, 2.05) is 0 Å². The minimum Gasteiger partial charge on any atom is -0.473 e. The second kappa shape index (κ2) is 5.92. The second-order valence-corrected chi connectivity index (χ2v) is 2.65. The predicted molar refractivity (Wildman–Crippen MR) is 45.5 cm³/mol. The normalized spacial score (nSPS) is 19.2. The molecule has 14 heavy (non-hydrogen) atoms. The summed E-state index contributed by atoms with van der Waals surface area (Å²) in [6, 6.07) is 0.252. The van der Waals surface area contributed by atoms with Crippen LogP contribution in [-0.4, -0.2) is 40.6 Å². The van der Waals surface area contributed by atoms with Gasteiger partial charge in [-0.2, -0.15) is 0 Å². The molecule has 5 N–H and O–H groups in total. The number of rotatable bonds is 1. The van der Waals surface area contributed by atoms with Gasteiger partial charge in [0.15, 0.2) is 0 Å². The highest BCUT2D eigenvalue weighted by molar-refractivity contribution is 6.27. The lowest BCUT2D eigenvalue weighted by molar-refractivity contribution is -0.159. The predicted octanol–water partition coefficient (Wildman–Crippen LogP) is -1.62. The van der Waals surface area contributed by atoms with Gasteiger partial charge in [-0.25, -0.2) is 9.59 Å². The van der Waals surface area contributed by atoms with E-state index in [1.54, 1.807) is 0 Å². The molecule has 1 atom stereocenters. The van der Waals surface area contributed by atoms with Gasteiger partial charge >= 0.3 is 11.9 Å². The first-order valence-electron chi connectivity index (χ1n) is 3.93. The molecule has 1 rings (SSSR count). The summed E-state index contributed by atoms with van der Waals surface area (Å²) in [6.45, 7) is 0.575. The van der Waals surface area contributed by atoms with Crippen LogP contribution < -0.4 is 11.1 Å². The Balaban J connectivity index is 0.000000255. The standard InChI is InChI=1S/C5H10N2O.C2H2O4/c6-3-4-1-2-5(8)7-4;3-1(4)2(5)6/h4H,1-3,6H2,(H,7,8);(H,3,4)(H,5,6). The zero-order valence-electron chi connectivity index (χ0n) is 7.40. The number of nitrogens with one attached hydrogen (secondary N) is 1. The number of carboxylic acid groups (broad SMARTS) is 2. The number of hydrogen-bond donors (Lipinski definition) is 4. The largest absolute Gasteiger partial charge is 0.473 e. The Kier molecular flexibility index (Phi) is 5.23. The Morgan fingerprint density at radius 2 is 1.93 bits per heavy atom. The minimum absolute atomic E-state index is 0.139. The third-order valence-corrected chi connectivity index (χ3v) is 1.55. The van der Waals surface area contributed by atoms with Gasteiger partial charge < -0.3 is 21.3 Å². The number of carbonyl (C=O) groups excluding carboxylic acids is 1. The second-order valence-electron chi connectivity index (χ2n) is 2.65. The van der Waals surface area contributed by atoms with Gasteiger partial charge in [-0.1, -0.05) is 0 Å². The van der Waals surface area contributed by atoms with Gasteiger partial charge in [-0.15, -0.1) is 0 Å². The maximum atomic E-state index is 10.4. The van der Waals surface area contributed by atoms with Crippen molar-refractivity contribution in [2.24, 2.45) is 5.73 Å². The molecule has 7 heteroatoms. The van der Waals surface area contributed by atoms with Crippen molar-refractivity contribution in [1.29, 1.82) is 0 Å². The lowest BCUT2D eigenvalue weighted by atomic mass is 10.2. The fourth-order valence-electron chi connectivity index (χ4n) is 0.854. The van der Waals surface area contributed by atoms with Crippen LogP contribution >= 0.6 is 0 Å². The van der Waals surface area contributed by atoms with Gasteiger partial charge in [0.25, 0.3) is 0 Å². The van der Waals surface area contributed by atoms with E-state index >= 15 is 0 Å². The van der Waals surface area contributed by atoms with Gasteiger partial charge in [0, 0.05) is 19.0 Å². The van der Waals surface area contributed by atoms with Crippen LogP contribution in [-0.2, 0) is 14.4 Å². The SMILES string of the molecule is NCC1CCC(=O)N1.O=C(O)C(=O)O. The van der Waals surface area contributed by atoms with Crippen LogP contribution in [0, 0.1) is 0 Å². The molecule has 1 aliphatic rings. The fourth-order valence-corrected chi connectivity index (χ4v) is 0.854. The molecule has 1 heterocycles. The number of hydrogen-bond acceptors (Lipinski definition) is 4. The lowest BCUT2D eigenvalue weighted by Gasteiger charge is -2.02. The Labute approximate surface area is 79.9 Å². The first-order valence-corrected chi connectivity index (χ1v) is 3.93. The number of amides is 1. The molecular formula is C7H12N2O5. The zero-order valence-corrected chi connectivity index (χ0v) is 7.40. The van der Waals surface area contributed by atoms with E-state index in [0.29, 0.717) is 13.0 Å². The molecule has 1 amide bonds. The number of nitrogens with two attached hydrogens (primary N) is 1. The molecule has 0 aromatic rings. The van der Waals surface area contributed by atoms with Crippen LogP contribution in [0.15, 0.2) is 0 Å². The maximum Gasteiger partial charge on any atom is 0.414 e. The van der Waals surface area contributed by atoms with Crippen LogP contribution in [0.3, 0.4) is 0 Å². The van der Waals surface area contributed by atoms with Crippen LogP contribution in [0.2, 0.25) is 0 Å². The molecule has 1 aliphatic heterocycles. The average Bonchev–Trinajstić information content (AvgIpc) is 2.52. The molecular weight excluding hydrogens is 192 g/mol. The highest BCUT2D eigenvalue weighted by Gasteiger charge is 2.18. The molecule has 0 spiro atoms. The van der Waals surface area contributed by atoms with E-state index in [2.05, 4.69) is 5.32 Å². The smallest absolute Gasteiger partial charge is 0.414 e. The van der Waals surface area contributed by atoms with Crippen LogP contribution in [0.25, 0.3) is 0 Å². The molecule has 1 unspecified atom stereocenters. The highest BCUT2D eigenvalue weighted by Crippen LogP contribution is 2.03. The Morgan fingerprint density at radius 1 is 1.43 bits per heavy atom. The van der Waals surface area contributed by atoms with Crippen molar-refractivity contribution in [3.63, 3.8) is 0 Å². The first kappa shape index (κ1) is 12.4. The number of carbonyl (C=O) groups is 3. The topological polar surface area (TPSA) is 130 Å². The van der Waals surface area contributed by atoms with E-state index in [1.165, 1.54) is 0 Å². The van der Waals surface area contributed by atoms with Crippen molar-refractivity contribution >= 4 is 17.8 Å². The average molecular weight is 204 g/mol. The summed E-state index contributed by atoms with van der Waals surface area (Å²) >= 11 is 0. The van der Waals surface area contributed by atoms with Crippen LogP contribution in [0.5, 0.6) is 0 Å². The van der Waals surface area contributed by atoms with Crippen molar-refractivity contribution in [2.75, 3.05) is 6.54 Å². The summed E-state index contributed by atoms with van der Waals surface area (Å²) in [5.74, 6) is -3.51. The van der Waals surface area contributed by atoms with Crippen molar-refractivity contribution in [1.82, 2.24) is 5.32 Å². The van der Waals surface area contributed by atoms with Crippen LogP contribution in [0.1, 0.15) is 12.8 Å². The van der Waals surface area contributed by atoms with Crippen molar-refractivity contribution in [3.05, 3.63) is 0 Å². The molecule has 7 nitrogen and oxygen atoms in total. The molecule has 1 saturated heterocycles. The Morgan fingerprint density at radius 3 is 2.07 bits per heavy atom. The van der Waals surface area contributed by atoms with Crippen molar-refractivity contribution < 1.29 is 24.6 Å². The van der Waals surface area contributed by atoms with Crippen LogP contribution in [0.4, 0.5) is 0 Å². The maximum absolute atomic E-state index is 10.4. The molecule has 0 aromatic carbocycles. The van der Waals surface area contributed by atoms with Gasteiger partial charge in [0.2, 0.25) is 5.91 Å². The fraction of sp³-hybridized carbons (Fsp3) is 0.571. The highest BCUT2D eigenvalue weighted by atomic mass is 16.4. The number of aliphatic carboxylic acids is 2. The first-order chi connectivity index (χ1) is 6.47. The summed E-state index contributed by atoms with van der Waals surface area (Å²) in [5, 5.41) is 17.5. The molecule has 0 radical (unpaired) electrons. The molecule has 1 fully saturated rings. The third-order valence-electron chi connectivity index (χ3n) is 1.55. The van der Waals surface area contributed by atoms with E-state index in [0.717, 1.165) is 6.42 Å². The quantitative estimate of drug-likeness (QED) is 0.380. The molecule has 0 aromatic heterocycles. The van der Waals surface area contributed by atoms with E-state index in [-0.39, 0.29) is 11.9 Å². The van der Waals surface area contributed by atoms with Gasteiger partial charge in [-0.3, -0.25) is 4.79 Å². The van der Waals surface area contributed by atoms with Gasteiger partial charge in [0.05, 0.1) is 0 Å². The molecule has 0 bridgehead atoms. The molecule has 0 aliphatic carbocycles. The zero-order chi connectivity index (χ0) is 11.1. The lowest BCUT2D eigenvalue weighted by Crippen LogP contribution is -2.32. The minimum atomic E-state index is -1.82. The van der Waals surface area contributed by atoms with Crippen molar-refractivity contribution in [3.8, 4) is 0 Å². The summed E-state index contributed by atoms with van der Waals surface area (Å²) in [6.07, 6.45) is 1.57. The van der Waals surface area contributed by atoms with E-state index in [4.69, 9.17) is 25.5 Å². The van der Waals surface area contributed by atoms with E-state index in [9.17, 15) is 4.79 Å². The monoisotopic (exact) mass is 204 g/mol. The molecule has 0 saturated carbocycles. The Bertz CT molecular complexity index is 228. The summed E-state index contributed by atoms with van der Waals surface area (Å²) < 4.78 is 0. The van der Waals surface area contributed by atoms with E-state index < -0.39 is 11.9 Å². The number of carboxylic acids is 2.